The molecule has 0 saturated heterocycles. The summed E-state index contributed by atoms with van der Waals surface area (Å²) < 4.78 is 9.07. The number of phenolic OH excluding ortho intramolecular Hbond substituents is 1. The second-order valence-corrected chi connectivity index (χ2v) is 10.5. The third kappa shape index (κ3) is 21.2. The van der Waals surface area contributed by atoms with E-state index in [4.69, 9.17) is 46.2 Å². The normalized spacial score (nSPS) is 8.54. The summed E-state index contributed by atoms with van der Waals surface area (Å²) in [5, 5.41) is 27.8. The van der Waals surface area contributed by atoms with Crippen LogP contribution in [-0.4, -0.2) is 23.5 Å². The summed E-state index contributed by atoms with van der Waals surface area (Å²) in [5.74, 6) is 2.59. The monoisotopic (exact) mass is 772 g/mol. The molecule has 0 aliphatic heterocycles. The van der Waals surface area contributed by atoms with Crippen LogP contribution < -0.4 is 113 Å². The van der Waals surface area contributed by atoms with Crippen LogP contribution in [0.3, 0.4) is 0 Å². The van der Waals surface area contributed by atoms with E-state index in [9.17, 15) is 10.1 Å². The van der Waals surface area contributed by atoms with E-state index >= 15 is 0 Å². The van der Waals surface area contributed by atoms with E-state index in [1.165, 1.54) is 23.3 Å². The molecule has 1 N–H and O–H groups in total. The molecule has 4 aromatic rings. The van der Waals surface area contributed by atoms with E-state index in [-0.39, 0.29) is 128 Å². The van der Waals surface area contributed by atoms with Crippen LogP contribution in [0.5, 0.6) is 17.2 Å². The van der Waals surface area contributed by atoms with E-state index in [0.29, 0.717) is 34.7 Å². The average Bonchev–Trinajstić information content (AvgIpc) is 3.12. The van der Waals surface area contributed by atoms with Gasteiger partial charge in [-0.1, -0.05) is 64.1 Å². The van der Waals surface area contributed by atoms with Crippen molar-refractivity contribution in [1.82, 2.24) is 0 Å². The van der Waals surface area contributed by atoms with E-state index in [2.05, 4.69) is 71.8 Å². The number of nitrogens with zero attached hydrogens (tertiary/aromatic N) is 6. The number of phenols is 1. The topological polar surface area (TPSA) is 152 Å². The molecule has 0 amide bonds. The van der Waals surface area contributed by atoms with Crippen molar-refractivity contribution in [2.45, 2.75) is 39.5 Å². The van der Waals surface area contributed by atoms with Crippen molar-refractivity contribution in [3.63, 3.8) is 0 Å². The van der Waals surface area contributed by atoms with Crippen LogP contribution in [-0.2, 0) is 9.68 Å². The van der Waals surface area contributed by atoms with Crippen molar-refractivity contribution in [3.05, 3.63) is 152 Å². The maximum absolute atomic E-state index is 10.3. The van der Waals surface area contributed by atoms with Gasteiger partial charge in [0.25, 0.3) is 12.2 Å². The quantitative estimate of drug-likeness (QED) is 0.0580. The van der Waals surface area contributed by atoms with Gasteiger partial charge in [-0.2, -0.15) is 0 Å². The minimum Gasteiger partial charge on any atom is -1.00 e. The maximum Gasteiger partial charge on any atom is 1.00 e. The van der Waals surface area contributed by atoms with Crippen LogP contribution in [0.4, 0.5) is 28.4 Å². The fourth-order valence-corrected chi connectivity index (χ4v) is 3.52. The smallest absolute Gasteiger partial charge is 1.00 e. The molecule has 4 aromatic carbocycles. The number of carbonyl (C=O) groups excluding carboxylic acids is 1. The minimum absolute atomic E-state index is 0. The molecule has 0 fully saturated rings. The first-order valence-corrected chi connectivity index (χ1v) is 14.8. The van der Waals surface area contributed by atoms with Gasteiger partial charge in [0.15, 0.2) is 17.1 Å². The summed E-state index contributed by atoms with van der Waals surface area (Å²) in [6.07, 6.45) is 0. The number of rotatable bonds is 6. The zero-order chi connectivity index (χ0) is 38.1. The van der Waals surface area contributed by atoms with Crippen molar-refractivity contribution in [2.24, 2.45) is 4.74 Å². The summed E-state index contributed by atoms with van der Waals surface area (Å²) in [6, 6.07) is 23.8. The van der Waals surface area contributed by atoms with Crippen molar-refractivity contribution in [2.75, 3.05) is 7.05 Å². The van der Waals surface area contributed by atoms with Gasteiger partial charge in [-0.3, -0.25) is 29.3 Å². The predicted molar refractivity (Wildman–Crippen MR) is 192 cm³/mol. The number of hydrogen-bond donors (Lipinski definition) is 1. The number of hydrogen-bond acceptors (Lipinski definition) is 8. The number of nitro groups is 1. The Kier molecular flexibility index (Phi) is 31.8. The van der Waals surface area contributed by atoms with Crippen LogP contribution in [0.1, 0.15) is 52.1 Å². The Balaban J connectivity index is -0.000000317. The molecular weight excluding hydrogens is 738 g/mol. The predicted octanol–water partition coefficient (Wildman–Crippen LogP) is 4.41. The van der Waals surface area contributed by atoms with Crippen LogP contribution >= 0.6 is 9.03 Å². The van der Waals surface area contributed by atoms with E-state index in [0.717, 1.165) is 11.8 Å². The second kappa shape index (κ2) is 31.2. The second-order valence-electron chi connectivity index (χ2n) is 10.0. The van der Waals surface area contributed by atoms with Gasteiger partial charge in [0, 0.05) is 19.2 Å². The van der Waals surface area contributed by atoms with Crippen LogP contribution in [0, 0.1) is 36.4 Å². The number of carbonyl (C=O) groups is 1. The summed E-state index contributed by atoms with van der Waals surface area (Å²) in [7, 11) is 4.47. The standard InChI is InChI=1S/C17H14N2O.C9H12O.C8H3N3O2.CH4NP.CH2O3.2K.H/c1-12(2)13-6-5-7-14(10-13)20-15-8-9-16(18-3)17(11-15)19-4;1-7(2)8-4-3-5-9(10)6-8;1-9-7-4-3-6(11(12)13)5-8(7)10-2;1-2-3;2-1-4-3;;;/h5-12H,1-2H3;3-7,10H,1-2H3;3-5H;3H,1H3;1,3H;;;/q;;;;;2*+1;-1/p-1. The third-order valence-electron chi connectivity index (χ3n) is 5.94. The molecule has 0 spiro atoms. The summed E-state index contributed by atoms with van der Waals surface area (Å²) in [6.45, 7) is 35.7. The van der Waals surface area contributed by atoms with Gasteiger partial charge in [-0.05, 0) is 68.4 Å². The molecule has 0 radical (unpaired) electrons. The summed E-state index contributed by atoms with van der Waals surface area (Å²) in [5.41, 5.74) is 3.04. The Bertz CT molecular complexity index is 1910. The molecule has 13 nitrogen and oxygen atoms in total. The molecule has 258 valence electrons. The van der Waals surface area contributed by atoms with Gasteiger partial charge in [0.1, 0.15) is 17.2 Å². The fourth-order valence-electron chi connectivity index (χ4n) is 3.52. The number of non-ortho nitro benzene ring substituents is 1. The Morgan fingerprint density at radius 3 is 1.60 bits per heavy atom. The van der Waals surface area contributed by atoms with Gasteiger partial charge >= 0.3 is 103 Å². The average molecular weight is 773 g/mol. The molecule has 0 aromatic heterocycles. The maximum atomic E-state index is 10.3. The van der Waals surface area contributed by atoms with E-state index < -0.39 is 4.92 Å². The summed E-state index contributed by atoms with van der Waals surface area (Å²) >= 11 is 0. The zero-order valence-corrected chi connectivity index (χ0v) is 37.1. The molecule has 0 aliphatic carbocycles. The fraction of sp³-hybridized carbons (Fsp3) is 0.194. The Morgan fingerprint density at radius 2 is 1.19 bits per heavy atom. The number of ether oxygens (including phenoxy) is 1. The van der Waals surface area contributed by atoms with Crippen LogP contribution in [0.15, 0.2) is 89.7 Å². The Morgan fingerprint density at radius 1 is 0.769 bits per heavy atom. The third-order valence-corrected chi connectivity index (χ3v) is 5.94. The first kappa shape index (κ1) is 53.0. The van der Waals surface area contributed by atoms with Crippen LogP contribution in [0.2, 0.25) is 0 Å². The van der Waals surface area contributed by atoms with Crippen molar-refractivity contribution in [3.8, 4) is 17.2 Å². The van der Waals surface area contributed by atoms with Crippen molar-refractivity contribution < 1.29 is 134 Å². The number of nitro benzene ring substituents is 1. The van der Waals surface area contributed by atoms with Gasteiger partial charge in [0.2, 0.25) is 5.69 Å². The van der Waals surface area contributed by atoms with Gasteiger partial charge in [0.05, 0.1) is 31.2 Å². The van der Waals surface area contributed by atoms with Crippen molar-refractivity contribution >= 4 is 43.9 Å². The molecule has 0 bridgehead atoms. The molecule has 0 atom stereocenters. The molecule has 52 heavy (non-hydrogen) atoms. The Hall–Kier alpha value is -3.36. The van der Waals surface area contributed by atoms with Gasteiger partial charge in [-0.15, -0.1) is 0 Å². The van der Waals surface area contributed by atoms with Gasteiger partial charge < -0.3 is 21.4 Å². The molecule has 4 rings (SSSR count). The summed E-state index contributed by atoms with van der Waals surface area (Å²) in [4.78, 5) is 33.7. The molecule has 0 aliphatic rings. The van der Waals surface area contributed by atoms with Crippen molar-refractivity contribution in [1.29, 1.82) is 0 Å². The molecule has 0 unspecified atom stereocenters. The molecule has 16 heteroatoms. The van der Waals surface area contributed by atoms with E-state index in [1.807, 2.05) is 30.3 Å². The molecular formula is C36H35K2N6O7P. The first-order chi connectivity index (χ1) is 23.8. The largest absolute Gasteiger partial charge is 1.00 e. The molecule has 0 saturated carbocycles. The SMILES string of the molecule is CC(C)c1cccc(O)c1.CN=P.O=CO[O-].[C-]#[N+]c1ccc(Oc2cccc(C(C)C)c2)cc1[N+]#[C-].[C-]#[N+]c1ccc([N+](=O)[O-])cc1[N+]#[C-].[H-].[K+].[K+]. The first-order valence-electron chi connectivity index (χ1n) is 14.3. The van der Waals surface area contributed by atoms with Gasteiger partial charge in [-0.25, -0.2) is 9.69 Å². The minimum atomic E-state index is -0.595. The van der Waals surface area contributed by atoms with Crippen LogP contribution in [0.25, 0.3) is 19.4 Å². The Labute approximate surface area is 393 Å². The zero-order valence-electron chi connectivity index (χ0n) is 30.9. The number of benzene rings is 4. The number of aromatic hydroxyl groups is 1. The molecule has 0 heterocycles. The van der Waals surface area contributed by atoms with E-state index in [1.54, 1.807) is 37.4 Å².